The second-order valence-electron chi connectivity index (χ2n) is 2.44. The second kappa shape index (κ2) is 4.60. The van der Waals surface area contributed by atoms with Crippen LogP contribution >= 0.6 is 11.6 Å². The fourth-order valence-electron chi connectivity index (χ4n) is 1.06. The predicted molar refractivity (Wildman–Crippen MR) is 51.6 cm³/mol. The molecule has 3 nitrogen and oxygen atoms in total. The lowest BCUT2D eigenvalue weighted by atomic mass is 10.1. The Kier molecular flexibility index (Phi) is 3.71. The number of halogens is 1. The molecule has 0 fully saturated rings. The Hall–Kier alpha value is -0.580. The summed E-state index contributed by atoms with van der Waals surface area (Å²) in [5.41, 5.74) is 0.443. The van der Waals surface area contributed by atoms with Crippen LogP contribution in [0.2, 0.25) is 0 Å². The van der Waals surface area contributed by atoms with Crippen LogP contribution in [0.4, 0.5) is 0 Å². The Morgan fingerprint density at radius 2 is 2.15 bits per heavy atom. The van der Waals surface area contributed by atoms with Gasteiger partial charge >= 0.3 is 0 Å². The number of phenols is 1. The zero-order chi connectivity index (χ0) is 9.84. The van der Waals surface area contributed by atoms with Crippen LogP contribution in [-0.4, -0.2) is 19.7 Å². The van der Waals surface area contributed by atoms with E-state index < -0.39 is 11.1 Å². The first-order chi connectivity index (χ1) is 6.16. The van der Waals surface area contributed by atoms with Crippen molar-refractivity contribution in [3.05, 3.63) is 23.8 Å². The molecule has 5 heteroatoms. The first kappa shape index (κ1) is 10.5. The standard InChI is InChI=1S/C8H9ClO3S/c9-5-4-6-7(10)2-1-3-8(6)13(11)12/h1-3,10H,4-5H2,(H,11,12). The molecule has 0 spiro atoms. The largest absolute Gasteiger partial charge is 0.508 e. The molecule has 0 amide bonds. The van der Waals surface area contributed by atoms with E-state index in [0.29, 0.717) is 17.9 Å². The molecule has 0 saturated heterocycles. The van der Waals surface area contributed by atoms with Gasteiger partial charge < -0.3 is 9.66 Å². The van der Waals surface area contributed by atoms with E-state index in [9.17, 15) is 9.32 Å². The SMILES string of the molecule is O=S(O)c1cccc(O)c1CCCl. The van der Waals surface area contributed by atoms with Gasteiger partial charge in [0.05, 0.1) is 4.90 Å². The highest BCUT2D eigenvalue weighted by molar-refractivity contribution is 7.79. The molecule has 1 atom stereocenters. The monoisotopic (exact) mass is 220 g/mol. The Labute approximate surface area is 83.6 Å². The minimum Gasteiger partial charge on any atom is -0.508 e. The normalized spacial score (nSPS) is 12.8. The van der Waals surface area contributed by atoms with E-state index in [-0.39, 0.29) is 10.6 Å². The lowest BCUT2D eigenvalue weighted by molar-refractivity contribution is 0.465. The van der Waals surface area contributed by atoms with Gasteiger partial charge in [0.1, 0.15) is 5.75 Å². The highest BCUT2D eigenvalue weighted by atomic mass is 35.5. The van der Waals surface area contributed by atoms with Crippen LogP contribution in [0.25, 0.3) is 0 Å². The minimum absolute atomic E-state index is 0.0144. The number of hydrogen-bond acceptors (Lipinski definition) is 2. The lowest BCUT2D eigenvalue weighted by Crippen LogP contribution is -1.97. The molecule has 0 heterocycles. The van der Waals surface area contributed by atoms with E-state index in [2.05, 4.69) is 0 Å². The van der Waals surface area contributed by atoms with E-state index in [0.717, 1.165) is 0 Å². The molecule has 0 aromatic heterocycles. The highest BCUT2D eigenvalue weighted by Crippen LogP contribution is 2.23. The van der Waals surface area contributed by atoms with Crippen LogP contribution in [0.1, 0.15) is 5.56 Å². The summed E-state index contributed by atoms with van der Waals surface area (Å²) in [6.07, 6.45) is 0.385. The molecule has 1 rings (SSSR count). The third-order valence-electron chi connectivity index (χ3n) is 1.64. The molecule has 0 radical (unpaired) electrons. The maximum absolute atomic E-state index is 10.8. The quantitative estimate of drug-likeness (QED) is 0.603. The average molecular weight is 221 g/mol. The molecular formula is C8H9ClO3S. The third kappa shape index (κ3) is 2.43. The van der Waals surface area contributed by atoms with Gasteiger partial charge in [0.15, 0.2) is 11.1 Å². The predicted octanol–water partition coefficient (Wildman–Crippen LogP) is 1.75. The second-order valence-corrected chi connectivity index (χ2v) is 3.76. The third-order valence-corrected chi connectivity index (χ3v) is 2.59. The van der Waals surface area contributed by atoms with Gasteiger partial charge in [0.2, 0.25) is 0 Å². The maximum atomic E-state index is 10.8. The number of benzene rings is 1. The Balaban J connectivity index is 3.17. The summed E-state index contributed by atoms with van der Waals surface area (Å²) >= 11 is 3.42. The average Bonchev–Trinajstić information content (AvgIpc) is 2.08. The van der Waals surface area contributed by atoms with Crippen molar-refractivity contribution in [1.82, 2.24) is 0 Å². The van der Waals surface area contributed by atoms with Crippen molar-refractivity contribution in [1.29, 1.82) is 0 Å². The van der Waals surface area contributed by atoms with Gasteiger partial charge in [-0.15, -0.1) is 11.6 Å². The molecule has 72 valence electrons. The number of aromatic hydroxyl groups is 1. The van der Waals surface area contributed by atoms with Crippen molar-refractivity contribution in [2.75, 3.05) is 5.88 Å². The molecule has 13 heavy (non-hydrogen) atoms. The summed E-state index contributed by atoms with van der Waals surface area (Å²) in [6.45, 7) is 0. The summed E-state index contributed by atoms with van der Waals surface area (Å²) in [6, 6.07) is 4.49. The lowest BCUT2D eigenvalue weighted by Gasteiger charge is -2.06. The van der Waals surface area contributed by atoms with E-state index >= 15 is 0 Å². The van der Waals surface area contributed by atoms with Gasteiger partial charge in [-0.25, -0.2) is 4.21 Å². The smallest absolute Gasteiger partial charge is 0.186 e. The van der Waals surface area contributed by atoms with Gasteiger partial charge in [-0.3, -0.25) is 0 Å². The zero-order valence-corrected chi connectivity index (χ0v) is 8.31. The Bertz CT molecular complexity index is 327. The summed E-state index contributed by atoms with van der Waals surface area (Å²) in [7, 11) is 0. The minimum atomic E-state index is -2.07. The van der Waals surface area contributed by atoms with Gasteiger partial charge in [-0.05, 0) is 18.6 Å². The summed E-state index contributed by atoms with van der Waals surface area (Å²) < 4.78 is 19.7. The van der Waals surface area contributed by atoms with Gasteiger partial charge in [-0.2, -0.15) is 0 Å². The molecule has 1 unspecified atom stereocenters. The molecule has 0 saturated carbocycles. The Morgan fingerprint density at radius 1 is 1.46 bits per heavy atom. The topological polar surface area (TPSA) is 57.5 Å². The van der Waals surface area contributed by atoms with Crippen LogP contribution in [0.15, 0.2) is 23.1 Å². The van der Waals surface area contributed by atoms with Crippen molar-refractivity contribution in [3.8, 4) is 5.75 Å². The molecule has 0 aliphatic heterocycles. The van der Waals surface area contributed by atoms with E-state index in [1.165, 1.54) is 18.2 Å². The fraction of sp³-hybridized carbons (Fsp3) is 0.250. The number of alkyl halides is 1. The van der Waals surface area contributed by atoms with Gasteiger partial charge in [-0.1, -0.05) is 6.07 Å². The van der Waals surface area contributed by atoms with E-state index in [1.54, 1.807) is 0 Å². The zero-order valence-electron chi connectivity index (χ0n) is 6.74. The summed E-state index contributed by atoms with van der Waals surface area (Å²) in [4.78, 5) is 0.223. The van der Waals surface area contributed by atoms with Crippen molar-refractivity contribution < 1.29 is 13.9 Å². The number of rotatable bonds is 3. The van der Waals surface area contributed by atoms with E-state index in [4.69, 9.17) is 16.2 Å². The van der Waals surface area contributed by atoms with Gasteiger partial charge in [0.25, 0.3) is 0 Å². The molecule has 0 aliphatic rings. The van der Waals surface area contributed by atoms with Crippen molar-refractivity contribution >= 4 is 22.7 Å². The van der Waals surface area contributed by atoms with Crippen LogP contribution in [-0.2, 0) is 17.5 Å². The molecule has 1 aromatic carbocycles. The molecule has 2 N–H and O–H groups in total. The number of hydrogen-bond donors (Lipinski definition) is 2. The van der Waals surface area contributed by atoms with Crippen LogP contribution in [0, 0.1) is 0 Å². The first-order valence-electron chi connectivity index (χ1n) is 3.64. The highest BCUT2D eigenvalue weighted by Gasteiger charge is 2.10. The van der Waals surface area contributed by atoms with E-state index in [1.807, 2.05) is 0 Å². The van der Waals surface area contributed by atoms with Crippen molar-refractivity contribution in [2.45, 2.75) is 11.3 Å². The molecule has 0 aliphatic carbocycles. The number of phenolic OH excluding ortho intramolecular Hbond substituents is 1. The first-order valence-corrected chi connectivity index (χ1v) is 5.28. The van der Waals surface area contributed by atoms with Crippen LogP contribution in [0.3, 0.4) is 0 Å². The summed E-state index contributed by atoms with van der Waals surface area (Å²) in [5, 5.41) is 9.37. The Morgan fingerprint density at radius 3 is 2.69 bits per heavy atom. The molecule has 1 aromatic rings. The van der Waals surface area contributed by atoms with Crippen LogP contribution < -0.4 is 0 Å². The van der Waals surface area contributed by atoms with Gasteiger partial charge in [0, 0.05) is 11.4 Å². The maximum Gasteiger partial charge on any atom is 0.186 e. The molecule has 0 bridgehead atoms. The summed E-state index contributed by atoms with van der Waals surface area (Å²) in [5.74, 6) is 0.322. The molecular weight excluding hydrogens is 212 g/mol. The van der Waals surface area contributed by atoms with Crippen molar-refractivity contribution in [2.24, 2.45) is 0 Å². The van der Waals surface area contributed by atoms with Crippen LogP contribution in [0.5, 0.6) is 5.75 Å². The van der Waals surface area contributed by atoms with Crippen molar-refractivity contribution in [3.63, 3.8) is 0 Å². The fourth-order valence-corrected chi connectivity index (χ4v) is 1.86.